The number of rotatable bonds is 3. The quantitative estimate of drug-likeness (QED) is 0.471. The highest BCUT2D eigenvalue weighted by Crippen LogP contribution is 2.26. The summed E-state index contributed by atoms with van der Waals surface area (Å²) < 4.78 is 20.0. The molecule has 0 N–H and O–H groups in total. The molecule has 3 aromatic heterocycles. The normalized spacial score (nSPS) is 11.1. The highest BCUT2D eigenvalue weighted by Gasteiger charge is 2.19. The molecule has 140 valence electrons. The minimum absolute atomic E-state index is 0.163. The summed E-state index contributed by atoms with van der Waals surface area (Å²) in [6.45, 7) is 0. The van der Waals surface area contributed by atoms with E-state index < -0.39 is 5.82 Å². The van der Waals surface area contributed by atoms with Gasteiger partial charge in [0.1, 0.15) is 5.82 Å². The van der Waals surface area contributed by atoms with Gasteiger partial charge in [0.05, 0.1) is 11.1 Å². The van der Waals surface area contributed by atoms with Gasteiger partial charge in [0.2, 0.25) is 5.82 Å². The zero-order valence-corrected chi connectivity index (χ0v) is 14.9. The summed E-state index contributed by atoms with van der Waals surface area (Å²) >= 11 is 0. The Hall–Kier alpha value is -4.20. The van der Waals surface area contributed by atoms with Crippen LogP contribution in [0.2, 0.25) is 0 Å². The van der Waals surface area contributed by atoms with Gasteiger partial charge in [0, 0.05) is 23.3 Å². The third-order valence-electron chi connectivity index (χ3n) is 4.42. The lowest BCUT2D eigenvalue weighted by Gasteiger charge is -2.09. The maximum absolute atomic E-state index is 13.3. The Bertz CT molecular complexity index is 1380. The van der Waals surface area contributed by atoms with Crippen molar-refractivity contribution >= 4 is 10.8 Å². The van der Waals surface area contributed by atoms with Crippen molar-refractivity contribution in [3.05, 3.63) is 89.2 Å². The minimum Gasteiger partial charge on any atom is -0.332 e. The molecule has 0 fully saturated rings. The molecular formula is C21H12FN5O2. The second-order valence-electron chi connectivity index (χ2n) is 6.25. The topological polar surface area (TPSA) is 86.7 Å². The van der Waals surface area contributed by atoms with Crippen molar-refractivity contribution in [1.82, 2.24) is 24.9 Å². The number of benzene rings is 2. The summed E-state index contributed by atoms with van der Waals surface area (Å²) in [6, 6.07) is 16.1. The van der Waals surface area contributed by atoms with Crippen LogP contribution in [0.1, 0.15) is 0 Å². The molecule has 5 aromatic rings. The van der Waals surface area contributed by atoms with Gasteiger partial charge in [-0.3, -0.25) is 9.78 Å². The van der Waals surface area contributed by atoms with Crippen LogP contribution in [0.5, 0.6) is 0 Å². The predicted octanol–water partition coefficient (Wildman–Crippen LogP) is 3.64. The second-order valence-corrected chi connectivity index (χ2v) is 6.25. The molecule has 0 unspecified atom stereocenters. The molecule has 0 aliphatic heterocycles. The molecule has 0 amide bonds. The van der Waals surface area contributed by atoms with Gasteiger partial charge in [-0.2, -0.15) is 14.8 Å². The van der Waals surface area contributed by atoms with Crippen LogP contribution in [-0.2, 0) is 0 Å². The number of halogens is 1. The average Bonchev–Trinajstić information content (AvgIpc) is 3.26. The molecule has 8 heteroatoms. The van der Waals surface area contributed by atoms with E-state index >= 15 is 0 Å². The second kappa shape index (κ2) is 6.75. The Kier molecular flexibility index (Phi) is 3.94. The lowest BCUT2D eigenvalue weighted by molar-refractivity contribution is 0.430. The summed E-state index contributed by atoms with van der Waals surface area (Å²) in [5, 5.41) is 9.46. The number of aromatic nitrogens is 5. The van der Waals surface area contributed by atoms with Gasteiger partial charge < -0.3 is 4.52 Å². The molecule has 2 aromatic carbocycles. The summed E-state index contributed by atoms with van der Waals surface area (Å²) in [7, 11) is 0. The Morgan fingerprint density at radius 2 is 1.72 bits per heavy atom. The molecule has 0 saturated carbocycles. The van der Waals surface area contributed by atoms with Crippen molar-refractivity contribution in [1.29, 1.82) is 0 Å². The smallest absolute Gasteiger partial charge is 0.279 e. The van der Waals surface area contributed by atoms with E-state index in [1.807, 2.05) is 6.07 Å². The van der Waals surface area contributed by atoms with Crippen LogP contribution < -0.4 is 5.56 Å². The maximum atomic E-state index is 13.3. The van der Waals surface area contributed by atoms with E-state index in [0.29, 0.717) is 33.5 Å². The molecule has 0 saturated heterocycles. The minimum atomic E-state index is -0.402. The van der Waals surface area contributed by atoms with E-state index in [1.165, 1.54) is 28.9 Å². The fourth-order valence-corrected chi connectivity index (χ4v) is 3.04. The van der Waals surface area contributed by atoms with Crippen molar-refractivity contribution in [2.45, 2.75) is 0 Å². The van der Waals surface area contributed by atoms with E-state index in [-0.39, 0.29) is 11.4 Å². The molecule has 29 heavy (non-hydrogen) atoms. The monoisotopic (exact) mass is 385 g/mol. The van der Waals surface area contributed by atoms with Gasteiger partial charge in [-0.1, -0.05) is 23.4 Å². The fourth-order valence-electron chi connectivity index (χ4n) is 3.04. The first-order valence-electron chi connectivity index (χ1n) is 8.73. The SMILES string of the molecule is O=c1c2ccccc2c(-c2nc(-c3cccnc3)no2)nn1-c1ccc(F)cc1. The number of fused-ring (bicyclic) bond motifs is 1. The highest BCUT2D eigenvalue weighted by atomic mass is 19.1. The molecule has 0 bridgehead atoms. The van der Waals surface area contributed by atoms with Crippen LogP contribution in [0.15, 0.2) is 82.4 Å². The summed E-state index contributed by atoms with van der Waals surface area (Å²) in [5.74, 6) is 0.121. The van der Waals surface area contributed by atoms with Crippen LogP contribution in [0, 0.1) is 5.82 Å². The standard InChI is InChI=1S/C21H12FN5O2/c22-14-7-9-15(10-8-14)27-21(28)17-6-2-1-5-16(17)18(25-27)20-24-19(26-29-20)13-4-3-11-23-12-13/h1-12H. The van der Waals surface area contributed by atoms with E-state index in [1.54, 1.807) is 42.7 Å². The van der Waals surface area contributed by atoms with E-state index in [0.717, 1.165) is 0 Å². The highest BCUT2D eigenvalue weighted by molar-refractivity contribution is 5.92. The van der Waals surface area contributed by atoms with Crippen molar-refractivity contribution in [3.63, 3.8) is 0 Å². The first kappa shape index (κ1) is 16.9. The third kappa shape index (κ3) is 2.96. The van der Waals surface area contributed by atoms with E-state index in [2.05, 4.69) is 20.2 Å². The van der Waals surface area contributed by atoms with Gasteiger partial charge in [-0.15, -0.1) is 0 Å². The van der Waals surface area contributed by atoms with Gasteiger partial charge in [-0.05, 0) is 42.5 Å². The number of hydrogen-bond acceptors (Lipinski definition) is 6. The lowest BCUT2D eigenvalue weighted by atomic mass is 10.1. The molecular weight excluding hydrogens is 373 g/mol. The Morgan fingerprint density at radius 1 is 0.931 bits per heavy atom. The molecule has 7 nitrogen and oxygen atoms in total. The van der Waals surface area contributed by atoms with Crippen molar-refractivity contribution < 1.29 is 8.91 Å². The lowest BCUT2D eigenvalue weighted by Crippen LogP contribution is -2.22. The van der Waals surface area contributed by atoms with Crippen molar-refractivity contribution in [3.8, 4) is 28.7 Å². The number of hydrogen-bond donors (Lipinski definition) is 0. The van der Waals surface area contributed by atoms with Crippen LogP contribution in [0.4, 0.5) is 4.39 Å². The van der Waals surface area contributed by atoms with E-state index in [4.69, 9.17) is 4.52 Å². The van der Waals surface area contributed by atoms with Gasteiger partial charge in [0.25, 0.3) is 11.4 Å². The molecule has 0 aliphatic rings. The van der Waals surface area contributed by atoms with Gasteiger partial charge >= 0.3 is 0 Å². The summed E-state index contributed by atoms with van der Waals surface area (Å²) in [6.07, 6.45) is 3.28. The fraction of sp³-hybridized carbons (Fsp3) is 0. The molecule has 0 aliphatic carbocycles. The van der Waals surface area contributed by atoms with E-state index in [9.17, 15) is 9.18 Å². The van der Waals surface area contributed by atoms with Crippen LogP contribution in [-0.4, -0.2) is 24.9 Å². The zero-order chi connectivity index (χ0) is 19.8. The van der Waals surface area contributed by atoms with Crippen molar-refractivity contribution in [2.75, 3.05) is 0 Å². The summed E-state index contributed by atoms with van der Waals surface area (Å²) in [5.41, 5.74) is 1.14. The van der Waals surface area contributed by atoms with Crippen LogP contribution in [0.25, 0.3) is 39.4 Å². The molecule has 0 atom stereocenters. The largest absolute Gasteiger partial charge is 0.332 e. The zero-order valence-electron chi connectivity index (χ0n) is 14.9. The number of nitrogens with zero attached hydrogens (tertiary/aromatic N) is 5. The van der Waals surface area contributed by atoms with Crippen molar-refractivity contribution in [2.24, 2.45) is 0 Å². The molecule has 5 rings (SSSR count). The van der Waals surface area contributed by atoms with Gasteiger partial charge in [-0.25, -0.2) is 4.39 Å². The maximum Gasteiger partial charge on any atom is 0.279 e. The predicted molar refractivity (Wildman–Crippen MR) is 104 cm³/mol. The Morgan fingerprint density at radius 3 is 2.48 bits per heavy atom. The van der Waals surface area contributed by atoms with Gasteiger partial charge in [0.15, 0.2) is 5.69 Å². The first-order chi connectivity index (χ1) is 14.2. The third-order valence-corrected chi connectivity index (χ3v) is 4.42. The Labute approximate surface area is 163 Å². The molecule has 3 heterocycles. The molecule has 0 radical (unpaired) electrons. The first-order valence-corrected chi connectivity index (χ1v) is 8.73. The number of pyridine rings is 1. The summed E-state index contributed by atoms with van der Waals surface area (Å²) in [4.78, 5) is 21.4. The average molecular weight is 385 g/mol. The Balaban J connectivity index is 1.74. The van der Waals surface area contributed by atoms with Crippen LogP contribution in [0.3, 0.4) is 0 Å². The molecule has 0 spiro atoms. The van der Waals surface area contributed by atoms with Crippen LogP contribution >= 0.6 is 0 Å².